The summed E-state index contributed by atoms with van der Waals surface area (Å²) in [6, 6.07) is 10.5. The summed E-state index contributed by atoms with van der Waals surface area (Å²) in [6.07, 6.45) is 1.38. The standard InChI is InChI=1S/C12H5N5O/c13-6-8(7-14)10-5-12(16-17-15)18-11-4-2-1-3-9(10)11/h1-5H. The van der Waals surface area contributed by atoms with Gasteiger partial charge in [-0.05, 0) is 22.8 Å². The first kappa shape index (κ1) is 11.3. The number of benzene rings is 1. The van der Waals surface area contributed by atoms with Crippen LogP contribution < -0.4 is 4.74 Å². The van der Waals surface area contributed by atoms with Crippen molar-refractivity contribution in [2.75, 3.05) is 0 Å². The summed E-state index contributed by atoms with van der Waals surface area (Å²) >= 11 is 0. The lowest BCUT2D eigenvalue weighted by Crippen LogP contribution is -2.03. The number of ether oxygens (including phenoxy) is 1. The first-order chi connectivity index (χ1) is 8.80. The third-order valence-electron chi connectivity index (χ3n) is 2.30. The summed E-state index contributed by atoms with van der Waals surface area (Å²) in [4.78, 5) is 2.62. The van der Waals surface area contributed by atoms with E-state index in [9.17, 15) is 0 Å². The maximum Gasteiger partial charge on any atom is 0.191 e. The SMILES string of the molecule is N#CC(C#N)=C1C=C(N=[N+]=[N-])Oc2ccccc21. The van der Waals surface area contributed by atoms with Gasteiger partial charge >= 0.3 is 0 Å². The van der Waals surface area contributed by atoms with Crippen molar-refractivity contribution < 1.29 is 4.74 Å². The van der Waals surface area contributed by atoms with Crippen molar-refractivity contribution >= 4 is 5.57 Å². The Morgan fingerprint density at radius 2 is 2.00 bits per heavy atom. The molecule has 0 aliphatic carbocycles. The fourth-order valence-corrected chi connectivity index (χ4v) is 1.57. The van der Waals surface area contributed by atoms with Crippen LogP contribution in [0.4, 0.5) is 0 Å². The molecule has 0 radical (unpaired) electrons. The predicted molar refractivity (Wildman–Crippen MR) is 62.4 cm³/mol. The molecule has 1 aromatic rings. The Bertz CT molecular complexity index is 680. The van der Waals surface area contributed by atoms with Crippen LogP contribution in [0.25, 0.3) is 16.0 Å². The highest BCUT2D eigenvalue weighted by Gasteiger charge is 2.18. The molecule has 0 saturated carbocycles. The maximum atomic E-state index is 8.92. The summed E-state index contributed by atoms with van der Waals surface area (Å²) in [5.41, 5.74) is 9.35. The summed E-state index contributed by atoms with van der Waals surface area (Å²) in [5, 5.41) is 21.2. The Labute approximate surface area is 102 Å². The van der Waals surface area contributed by atoms with Gasteiger partial charge < -0.3 is 4.74 Å². The van der Waals surface area contributed by atoms with E-state index in [1.807, 2.05) is 12.1 Å². The van der Waals surface area contributed by atoms with Crippen molar-refractivity contribution in [3.8, 4) is 17.9 Å². The Morgan fingerprint density at radius 1 is 1.28 bits per heavy atom. The number of para-hydroxylation sites is 1. The average molecular weight is 235 g/mol. The number of hydrogen-bond acceptors (Lipinski definition) is 4. The van der Waals surface area contributed by atoms with Gasteiger partial charge in [0.25, 0.3) is 0 Å². The van der Waals surface area contributed by atoms with E-state index in [1.54, 1.807) is 24.3 Å². The molecule has 1 heterocycles. The van der Waals surface area contributed by atoms with Gasteiger partial charge in [0.2, 0.25) is 0 Å². The Morgan fingerprint density at radius 3 is 2.67 bits per heavy atom. The quantitative estimate of drug-likeness (QED) is 0.323. The molecule has 18 heavy (non-hydrogen) atoms. The summed E-state index contributed by atoms with van der Waals surface area (Å²) in [5.74, 6) is 0.453. The van der Waals surface area contributed by atoms with Gasteiger partial charge in [-0.25, -0.2) is 0 Å². The zero-order valence-corrected chi connectivity index (χ0v) is 9.03. The molecule has 84 valence electrons. The number of rotatable bonds is 1. The van der Waals surface area contributed by atoms with Gasteiger partial charge in [-0.3, -0.25) is 0 Å². The average Bonchev–Trinajstić information content (AvgIpc) is 2.40. The zero-order chi connectivity index (χ0) is 13.0. The largest absolute Gasteiger partial charge is 0.454 e. The minimum atomic E-state index is -0.0589. The maximum absolute atomic E-state index is 8.92. The van der Waals surface area contributed by atoms with Crippen molar-refractivity contribution in [2.45, 2.75) is 0 Å². The topological polar surface area (TPSA) is 106 Å². The van der Waals surface area contributed by atoms with Crippen molar-refractivity contribution in [1.82, 2.24) is 0 Å². The number of nitriles is 2. The number of hydrogen-bond donors (Lipinski definition) is 0. The molecular formula is C12H5N5O. The smallest absolute Gasteiger partial charge is 0.191 e. The summed E-state index contributed by atoms with van der Waals surface area (Å²) in [7, 11) is 0. The molecule has 0 fully saturated rings. The Balaban J connectivity index is 2.72. The second kappa shape index (κ2) is 4.75. The van der Waals surface area contributed by atoms with Crippen LogP contribution in [0.3, 0.4) is 0 Å². The molecule has 0 aromatic heterocycles. The van der Waals surface area contributed by atoms with Crippen molar-refractivity contribution in [3.63, 3.8) is 0 Å². The van der Waals surface area contributed by atoms with E-state index in [0.717, 1.165) is 0 Å². The zero-order valence-electron chi connectivity index (χ0n) is 9.03. The van der Waals surface area contributed by atoms with Gasteiger partial charge in [0.05, 0.1) is 0 Å². The normalized spacial score (nSPS) is 11.9. The second-order valence-electron chi connectivity index (χ2n) is 3.28. The third kappa shape index (κ3) is 1.88. The molecule has 6 nitrogen and oxygen atoms in total. The molecule has 6 heteroatoms. The fourth-order valence-electron chi connectivity index (χ4n) is 1.57. The lowest BCUT2D eigenvalue weighted by Gasteiger charge is -2.17. The van der Waals surface area contributed by atoms with Crippen LogP contribution in [-0.4, -0.2) is 0 Å². The lowest BCUT2D eigenvalue weighted by molar-refractivity contribution is 0.414. The number of azide groups is 1. The molecule has 1 aromatic carbocycles. The predicted octanol–water partition coefficient (Wildman–Crippen LogP) is 3.03. The third-order valence-corrected chi connectivity index (χ3v) is 2.30. The van der Waals surface area contributed by atoms with Crippen LogP contribution >= 0.6 is 0 Å². The molecule has 0 unspecified atom stereocenters. The molecule has 0 atom stereocenters. The highest BCUT2D eigenvalue weighted by Crippen LogP contribution is 2.35. The molecule has 2 rings (SSSR count). The Hall–Kier alpha value is -3.21. The van der Waals surface area contributed by atoms with Crippen molar-refractivity contribution in [2.24, 2.45) is 5.11 Å². The number of nitrogens with zero attached hydrogens (tertiary/aromatic N) is 5. The first-order valence-corrected chi connectivity index (χ1v) is 4.88. The minimum Gasteiger partial charge on any atom is -0.454 e. The van der Waals surface area contributed by atoms with Crippen LogP contribution in [0.15, 0.2) is 46.9 Å². The lowest BCUT2D eigenvalue weighted by atomic mass is 9.98. The van der Waals surface area contributed by atoms with E-state index in [-0.39, 0.29) is 11.5 Å². The van der Waals surface area contributed by atoms with Gasteiger partial charge in [0, 0.05) is 16.0 Å². The fraction of sp³-hybridized carbons (Fsp3) is 0. The Kier molecular flexibility index (Phi) is 2.98. The van der Waals surface area contributed by atoms with Gasteiger partial charge in [0.1, 0.15) is 23.5 Å². The summed E-state index contributed by atoms with van der Waals surface area (Å²) < 4.78 is 5.33. The highest BCUT2D eigenvalue weighted by atomic mass is 16.5. The van der Waals surface area contributed by atoms with E-state index >= 15 is 0 Å². The van der Waals surface area contributed by atoms with Gasteiger partial charge in [-0.2, -0.15) is 10.5 Å². The molecule has 1 aliphatic heterocycles. The summed E-state index contributed by atoms with van der Waals surface area (Å²) in [6.45, 7) is 0. The van der Waals surface area contributed by atoms with E-state index in [0.29, 0.717) is 16.9 Å². The van der Waals surface area contributed by atoms with Crippen LogP contribution in [0.1, 0.15) is 5.56 Å². The van der Waals surface area contributed by atoms with Gasteiger partial charge in [-0.15, -0.1) is 0 Å². The van der Waals surface area contributed by atoms with Crippen LogP contribution in [0.2, 0.25) is 0 Å². The monoisotopic (exact) mass is 235 g/mol. The number of fused-ring (bicyclic) bond motifs is 1. The van der Waals surface area contributed by atoms with E-state index in [2.05, 4.69) is 10.0 Å². The van der Waals surface area contributed by atoms with Crippen molar-refractivity contribution in [3.05, 3.63) is 57.8 Å². The van der Waals surface area contributed by atoms with E-state index in [4.69, 9.17) is 20.8 Å². The second-order valence-corrected chi connectivity index (χ2v) is 3.28. The van der Waals surface area contributed by atoms with Crippen LogP contribution in [0.5, 0.6) is 5.75 Å². The van der Waals surface area contributed by atoms with Crippen LogP contribution in [0, 0.1) is 22.7 Å². The number of allylic oxidation sites excluding steroid dienone is 3. The minimum absolute atomic E-state index is 0.00852. The van der Waals surface area contributed by atoms with E-state index < -0.39 is 0 Å². The van der Waals surface area contributed by atoms with Gasteiger partial charge in [0.15, 0.2) is 5.88 Å². The first-order valence-electron chi connectivity index (χ1n) is 4.88. The molecule has 0 amide bonds. The molecule has 0 bridgehead atoms. The molecule has 1 aliphatic rings. The molecule has 0 spiro atoms. The van der Waals surface area contributed by atoms with E-state index in [1.165, 1.54) is 6.08 Å². The molecule has 0 saturated heterocycles. The van der Waals surface area contributed by atoms with Crippen LogP contribution in [-0.2, 0) is 0 Å². The molecular weight excluding hydrogens is 230 g/mol. The molecule has 0 N–H and O–H groups in total. The van der Waals surface area contributed by atoms with Gasteiger partial charge in [-0.1, -0.05) is 18.2 Å². The van der Waals surface area contributed by atoms with Crippen molar-refractivity contribution in [1.29, 1.82) is 10.5 Å². The highest BCUT2D eigenvalue weighted by molar-refractivity contribution is 5.86.